The highest BCUT2D eigenvalue weighted by molar-refractivity contribution is 5.30. The van der Waals surface area contributed by atoms with Crippen molar-refractivity contribution in [1.29, 1.82) is 0 Å². The zero-order chi connectivity index (χ0) is 74.9. The van der Waals surface area contributed by atoms with Gasteiger partial charge in [0.05, 0.1) is 0 Å². The summed E-state index contributed by atoms with van der Waals surface area (Å²) in [4.78, 5) is 20.8. The molecule has 1 aromatic carbocycles. The highest BCUT2D eigenvalue weighted by Gasteiger charge is 2.45. The molecule has 15 aliphatic rings. The summed E-state index contributed by atoms with van der Waals surface area (Å²) in [6.45, 7) is 74.9. The van der Waals surface area contributed by atoms with Crippen LogP contribution in [0, 0.1) is 57.2 Å². The summed E-state index contributed by atoms with van der Waals surface area (Å²) in [6.07, 6.45) is 33.6. The van der Waals surface area contributed by atoms with E-state index in [4.69, 9.17) is 0 Å². The SMILES string of the molecule is CC(C)C1CCCCC1.CC(C)N1CC2CCNCC2C1.CC(C)N1CC2CNCC2C1.CC(C)N1CCC2(CCC2)C1.CC(C)N1CCC2(CCCC2)C1.CC(C)N1CCC2(CCNCC2)C1.CC(C)N1CCC2(CCNCC2)CC1.CC(C)N1CCCNCC1.CC(C)N1Cc2ccccc2C1. The van der Waals surface area contributed by atoms with Crippen LogP contribution >= 0.6 is 0 Å². The Hall–Kier alpha value is -1.30. The lowest BCUT2D eigenvalue weighted by Crippen LogP contribution is -2.47. The second-order valence-electron chi connectivity index (χ2n) is 39.6. The third-order valence-corrected chi connectivity index (χ3v) is 29.5. The maximum absolute atomic E-state index is 3.49. The lowest BCUT2D eigenvalue weighted by atomic mass is 9.68. The molecule has 0 bridgehead atoms. The molecule has 0 radical (unpaired) electrons. The van der Waals surface area contributed by atoms with Gasteiger partial charge in [-0.3, -0.25) is 9.80 Å². The zero-order valence-electron chi connectivity index (χ0n) is 72.1. The van der Waals surface area contributed by atoms with Gasteiger partial charge < -0.3 is 56.0 Å². The Labute approximate surface area is 645 Å². The summed E-state index contributed by atoms with van der Waals surface area (Å²) < 4.78 is 0. The average molecular weight is 1450 g/mol. The largest absolute Gasteiger partial charge is 0.317 e. The Morgan fingerprint density at radius 3 is 1.04 bits per heavy atom. The standard InChI is InChI=1S/C12H24N2.C11H22N2.C11H15N.C11H21N.C10H20N2.C10H19N.C9H18N2.C9H18.C8H18N2/c1-11(2)14-9-5-12(6-10-14)3-7-13-8-4-12;1-10(2)13-8-5-11(9-13)3-6-12-7-4-11;1-9(2)12-7-10-5-3-4-6-11(10)8-12;1-10(2)12-8-7-11(9-12)5-3-4-6-11;1-8(2)12-6-9-3-4-11-5-10(9)7-12;1-9(2)11-7-6-10(8-11)4-3-5-10;1-7(2)11-5-8-3-10-4-9(8)6-11;1-8(2)9-6-4-3-5-7-9;1-8(2)10-6-3-4-9-5-7-10/h11,13H,3-10H2,1-2H3;10,12H,3-9H2,1-2H3;3-6,9H,7-8H2,1-2H3;10H,3-9H2,1-2H3;8-11H,3-7H2,1-2H3;9H,3-8H2,1-2H3;7-10H,3-6H2,1-2H3;8-9H,3-7H2,1-2H3;8-9H,3-7H2,1-2H3. The first-order chi connectivity index (χ1) is 49.8. The molecule has 13 heteroatoms. The van der Waals surface area contributed by atoms with E-state index in [9.17, 15) is 0 Å². The molecule has 4 unspecified atom stereocenters. The van der Waals surface area contributed by atoms with Crippen LogP contribution in [0.4, 0.5) is 0 Å². The molecule has 0 aromatic heterocycles. The van der Waals surface area contributed by atoms with Gasteiger partial charge in [-0.1, -0.05) is 89.5 Å². The highest BCUT2D eigenvalue weighted by atomic mass is 15.2. The Bertz CT molecular complexity index is 2350. The van der Waals surface area contributed by atoms with Crippen molar-refractivity contribution < 1.29 is 0 Å². The lowest BCUT2D eigenvalue weighted by molar-refractivity contribution is 0.0582. The number of fused-ring (bicyclic) bond motifs is 3. The van der Waals surface area contributed by atoms with Crippen LogP contribution in [0.1, 0.15) is 283 Å². The molecule has 4 atom stereocenters. The normalized spacial score (nSPS) is 28.5. The van der Waals surface area contributed by atoms with E-state index in [2.05, 4.69) is 215 Å². The van der Waals surface area contributed by atoms with E-state index in [1.54, 1.807) is 0 Å². The van der Waals surface area contributed by atoms with E-state index >= 15 is 0 Å². The van der Waals surface area contributed by atoms with Crippen molar-refractivity contribution in [2.24, 2.45) is 57.2 Å². The molecule has 3 aliphatic carbocycles. The minimum atomic E-state index is 0.664. The van der Waals surface area contributed by atoms with Gasteiger partial charge in [-0.2, -0.15) is 0 Å². The van der Waals surface area contributed by atoms with Crippen LogP contribution in [-0.2, 0) is 13.1 Å². The quantitative estimate of drug-likeness (QED) is 0.163. The molecular weight excluding hydrogens is 1280 g/mol. The molecule has 0 amide bonds. The van der Waals surface area contributed by atoms with Gasteiger partial charge in [-0.15, -0.1) is 0 Å². The molecule has 11 saturated heterocycles. The first kappa shape index (κ1) is 88.3. The van der Waals surface area contributed by atoms with E-state index in [1.807, 2.05) is 0 Å². The fraction of sp³-hybridized carbons (Fsp3) is 0.934. The van der Waals surface area contributed by atoms with Crippen LogP contribution < -0.4 is 26.6 Å². The summed E-state index contributed by atoms with van der Waals surface area (Å²) in [6, 6.07) is 14.6. The molecule has 16 rings (SSSR count). The van der Waals surface area contributed by atoms with Gasteiger partial charge in [-0.25, -0.2) is 0 Å². The van der Waals surface area contributed by atoms with E-state index in [1.165, 1.54) is 309 Å². The summed E-state index contributed by atoms with van der Waals surface area (Å²) >= 11 is 0. The smallest absolute Gasteiger partial charge is 0.0243 e. The summed E-state index contributed by atoms with van der Waals surface area (Å²) in [7, 11) is 0. The molecule has 3 saturated carbocycles. The third kappa shape index (κ3) is 27.8. The summed E-state index contributed by atoms with van der Waals surface area (Å²) in [5, 5.41) is 17.3. The van der Waals surface area contributed by atoms with Crippen LogP contribution in [0.3, 0.4) is 0 Å². The molecule has 5 N–H and O–H groups in total. The van der Waals surface area contributed by atoms with Crippen LogP contribution in [0.25, 0.3) is 0 Å². The first-order valence-corrected chi connectivity index (χ1v) is 45.3. The molecule has 13 nitrogen and oxygen atoms in total. The second kappa shape index (κ2) is 44.2. The van der Waals surface area contributed by atoms with Crippen LogP contribution in [-0.4, -0.2) is 245 Å². The molecule has 604 valence electrons. The van der Waals surface area contributed by atoms with Gasteiger partial charge in [0.15, 0.2) is 0 Å². The lowest BCUT2D eigenvalue weighted by Gasteiger charge is -2.45. The van der Waals surface area contributed by atoms with Crippen molar-refractivity contribution in [3.05, 3.63) is 35.4 Å². The van der Waals surface area contributed by atoms with Crippen LogP contribution in [0.2, 0.25) is 0 Å². The topological polar surface area (TPSA) is 86.1 Å². The number of nitrogens with zero attached hydrogens (tertiary/aromatic N) is 8. The van der Waals surface area contributed by atoms with Gasteiger partial charge in [-0.05, 0) is 374 Å². The van der Waals surface area contributed by atoms with Gasteiger partial charge in [0, 0.05) is 120 Å². The molecule has 14 fully saturated rings. The van der Waals surface area contributed by atoms with E-state index in [-0.39, 0.29) is 0 Å². The number of likely N-dealkylation sites (tertiary alicyclic amines) is 6. The Balaban J connectivity index is 0.000000148. The molecule has 1 aromatic rings. The number of hydrogen-bond acceptors (Lipinski definition) is 13. The molecule has 12 aliphatic heterocycles. The third-order valence-electron chi connectivity index (χ3n) is 29.5. The second-order valence-corrected chi connectivity index (χ2v) is 39.6. The van der Waals surface area contributed by atoms with E-state index in [0.29, 0.717) is 11.5 Å². The van der Waals surface area contributed by atoms with Crippen molar-refractivity contribution in [2.45, 2.75) is 334 Å². The molecular formula is C91H175N13. The van der Waals surface area contributed by atoms with E-state index < -0.39 is 0 Å². The Kier molecular flexibility index (Phi) is 37.5. The summed E-state index contributed by atoms with van der Waals surface area (Å²) in [5.41, 5.74) is 5.98. The van der Waals surface area contributed by atoms with Gasteiger partial charge in [0.1, 0.15) is 0 Å². The van der Waals surface area contributed by atoms with Crippen molar-refractivity contribution in [3.63, 3.8) is 0 Å². The predicted molar refractivity (Wildman–Crippen MR) is 450 cm³/mol. The van der Waals surface area contributed by atoms with Crippen molar-refractivity contribution >= 4 is 0 Å². The molecule has 4 spiro atoms. The minimum absolute atomic E-state index is 0.664. The zero-order valence-corrected chi connectivity index (χ0v) is 72.1. The maximum atomic E-state index is 3.49. The predicted octanol–water partition coefficient (Wildman–Crippen LogP) is 16.1. The minimum Gasteiger partial charge on any atom is -0.317 e. The van der Waals surface area contributed by atoms with Crippen molar-refractivity contribution in [1.82, 2.24) is 65.8 Å². The monoisotopic (exact) mass is 1450 g/mol. The van der Waals surface area contributed by atoms with Crippen molar-refractivity contribution in [2.75, 3.05) is 157 Å². The fourth-order valence-electron chi connectivity index (χ4n) is 20.9. The number of piperidine rings is 4. The Morgan fingerprint density at radius 1 is 0.279 bits per heavy atom. The maximum Gasteiger partial charge on any atom is 0.0243 e. The van der Waals surface area contributed by atoms with Gasteiger partial charge in [0.2, 0.25) is 0 Å². The number of rotatable bonds is 9. The van der Waals surface area contributed by atoms with Crippen molar-refractivity contribution in [3.8, 4) is 0 Å². The number of hydrogen-bond donors (Lipinski definition) is 5. The van der Waals surface area contributed by atoms with Crippen LogP contribution in [0.15, 0.2) is 24.3 Å². The summed E-state index contributed by atoms with van der Waals surface area (Å²) in [5.74, 6) is 5.84. The van der Waals surface area contributed by atoms with E-state index in [0.717, 1.165) is 114 Å². The first-order valence-electron chi connectivity index (χ1n) is 45.3. The Morgan fingerprint density at radius 2 is 0.644 bits per heavy atom. The highest BCUT2D eigenvalue weighted by Crippen LogP contribution is 2.49. The number of nitrogens with one attached hydrogen (secondary N) is 5. The van der Waals surface area contributed by atoms with Gasteiger partial charge in [0.25, 0.3) is 0 Å². The molecule has 104 heavy (non-hydrogen) atoms. The fourth-order valence-corrected chi connectivity index (χ4v) is 20.9. The molecule has 12 heterocycles. The average Bonchev–Trinajstić information content (AvgIpc) is 1.60. The van der Waals surface area contributed by atoms with Gasteiger partial charge >= 0.3 is 0 Å². The van der Waals surface area contributed by atoms with Crippen LogP contribution in [0.5, 0.6) is 0 Å². The number of benzene rings is 1.